The summed E-state index contributed by atoms with van der Waals surface area (Å²) in [6.45, 7) is -0.106. The summed E-state index contributed by atoms with van der Waals surface area (Å²) in [5, 5.41) is 2.35. The van der Waals surface area contributed by atoms with Crippen LogP contribution in [0.3, 0.4) is 0 Å². The van der Waals surface area contributed by atoms with Crippen molar-refractivity contribution >= 4 is 28.1 Å². The SMILES string of the molecule is O=[C]CNC(=O)c1cncc(Br)c1. The van der Waals surface area contributed by atoms with Gasteiger partial charge in [-0.25, -0.2) is 0 Å². The Balaban J connectivity index is 2.71. The predicted molar refractivity (Wildman–Crippen MR) is 50.0 cm³/mol. The minimum atomic E-state index is -0.336. The number of carbonyl (C=O) groups excluding carboxylic acids is 2. The Bertz CT molecular complexity index is 328. The van der Waals surface area contributed by atoms with Crippen LogP contribution < -0.4 is 5.32 Å². The molecule has 0 fully saturated rings. The number of amides is 1. The van der Waals surface area contributed by atoms with Crippen LogP contribution in [0.1, 0.15) is 10.4 Å². The van der Waals surface area contributed by atoms with Gasteiger partial charge < -0.3 is 5.32 Å². The number of carbonyl (C=O) groups is 1. The van der Waals surface area contributed by atoms with Gasteiger partial charge in [0.05, 0.1) is 12.1 Å². The van der Waals surface area contributed by atoms with Gasteiger partial charge >= 0.3 is 0 Å². The number of nitrogens with zero attached hydrogens (tertiary/aromatic N) is 1. The number of nitrogens with one attached hydrogen (secondary N) is 1. The van der Waals surface area contributed by atoms with Crippen molar-refractivity contribution in [3.05, 3.63) is 28.5 Å². The average Bonchev–Trinajstić information content (AvgIpc) is 2.14. The third kappa shape index (κ3) is 2.95. The number of hydrogen-bond donors (Lipinski definition) is 1. The Morgan fingerprint density at radius 3 is 3.00 bits per heavy atom. The maximum absolute atomic E-state index is 11.2. The zero-order valence-corrected chi connectivity index (χ0v) is 8.17. The van der Waals surface area contributed by atoms with Crippen LogP contribution in [0.5, 0.6) is 0 Å². The molecule has 1 heterocycles. The van der Waals surface area contributed by atoms with Crippen LogP contribution in [0.15, 0.2) is 22.9 Å². The summed E-state index contributed by atoms with van der Waals surface area (Å²) in [6.07, 6.45) is 4.56. The molecule has 1 radical (unpaired) electrons. The number of pyridine rings is 1. The van der Waals surface area contributed by atoms with E-state index in [2.05, 4.69) is 26.2 Å². The Labute approximate surface area is 83.5 Å². The second-order valence-electron chi connectivity index (χ2n) is 2.22. The van der Waals surface area contributed by atoms with Gasteiger partial charge in [-0.15, -0.1) is 0 Å². The van der Waals surface area contributed by atoms with Gasteiger partial charge in [-0.2, -0.15) is 0 Å². The largest absolute Gasteiger partial charge is 0.344 e. The van der Waals surface area contributed by atoms with E-state index in [9.17, 15) is 9.59 Å². The van der Waals surface area contributed by atoms with Gasteiger partial charge in [0.25, 0.3) is 5.91 Å². The van der Waals surface area contributed by atoms with Gasteiger partial charge in [0.2, 0.25) is 6.29 Å². The molecular weight excluding hydrogens is 236 g/mol. The summed E-state index contributed by atoms with van der Waals surface area (Å²) in [4.78, 5) is 24.9. The van der Waals surface area contributed by atoms with Crippen molar-refractivity contribution < 1.29 is 9.59 Å². The highest BCUT2D eigenvalue weighted by Crippen LogP contribution is 2.08. The van der Waals surface area contributed by atoms with E-state index in [1.165, 1.54) is 6.20 Å². The zero-order chi connectivity index (χ0) is 9.68. The summed E-state index contributed by atoms with van der Waals surface area (Å²) in [5.41, 5.74) is 0.407. The van der Waals surface area contributed by atoms with Crippen LogP contribution in [-0.2, 0) is 4.79 Å². The fourth-order valence-corrected chi connectivity index (χ4v) is 1.12. The summed E-state index contributed by atoms with van der Waals surface area (Å²) >= 11 is 3.18. The smallest absolute Gasteiger partial charge is 0.253 e. The lowest BCUT2D eigenvalue weighted by molar-refractivity contribution is 0.0958. The van der Waals surface area contributed by atoms with E-state index < -0.39 is 0 Å². The maximum Gasteiger partial charge on any atom is 0.253 e. The van der Waals surface area contributed by atoms with Crippen molar-refractivity contribution in [2.45, 2.75) is 0 Å². The van der Waals surface area contributed by atoms with Crippen LogP contribution in [0.4, 0.5) is 0 Å². The van der Waals surface area contributed by atoms with Crippen molar-refractivity contribution in [3.8, 4) is 0 Å². The highest BCUT2D eigenvalue weighted by Gasteiger charge is 2.04. The van der Waals surface area contributed by atoms with Crippen LogP contribution in [0, 0.1) is 0 Å². The molecule has 0 aliphatic carbocycles. The van der Waals surface area contributed by atoms with E-state index in [0.29, 0.717) is 5.56 Å². The third-order valence-corrected chi connectivity index (χ3v) is 1.72. The highest BCUT2D eigenvalue weighted by atomic mass is 79.9. The number of hydrogen-bond acceptors (Lipinski definition) is 3. The van der Waals surface area contributed by atoms with Crippen molar-refractivity contribution in [2.75, 3.05) is 6.54 Å². The highest BCUT2D eigenvalue weighted by molar-refractivity contribution is 9.10. The molecule has 0 atom stereocenters. The van der Waals surface area contributed by atoms with Crippen molar-refractivity contribution in [1.82, 2.24) is 10.3 Å². The first-order chi connectivity index (χ1) is 6.24. The number of aromatic nitrogens is 1. The molecule has 0 bridgehead atoms. The van der Waals surface area contributed by atoms with Crippen LogP contribution in [-0.4, -0.2) is 23.7 Å². The lowest BCUT2D eigenvalue weighted by Crippen LogP contribution is -2.25. The van der Waals surface area contributed by atoms with E-state index in [1.807, 2.05) is 0 Å². The molecular formula is C8H6BrN2O2. The first-order valence-electron chi connectivity index (χ1n) is 3.48. The molecule has 1 rings (SSSR count). The van der Waals surface area contributed by atoms with Crippen LogP contribution in [0.25, 0.3) is 0 Å². The number of halogens is 1. The van der Waals surface area contributed by atoms with Gasteiger partial charge in [-0.05, 0) is 22.0 Å². The fraction of sp³-hybridized carbons (Fsp3) is 0.125. The van der Waals surface area contributed by atoms with Crippen molar-refractivity contribution in [3.63, 3.8) is 0 Å². The quantitative estimate of drug-likeness (QED) is 0.847. The molecule has 1 aromatic heterocycles. The van der Waals surface area contributed by atoms with Crippen LogP contribution >= 0.6 is 15.9 Å². The third-order valence-electron chi connectivity index (χ3n) is 1.29. The van der Waals surface area contributed by atoms with Gasteiger partial charge in [-0.3, -0.25) is 14.6 Å². The molecule has 1 N–H and O–H groups in total. The predicted octanol–water partition coefficient (Wildman–Crippen LogP) is 0.684. The lowest BCUT2D eigenvalue weighted by Gasteiger charge is -1.99. The molecule has 4 nitrogen and oxygen atoms in total. The molecule has 0 unspecified atom stereocenters. The average molecular weight is 242 g/mol. The van der Waals surface area contributed by atoms with Gasteiger partial charge in [0.15, 0.2) is 0 Å². The lowest BCUT2D eigenvalue weighted by atomic mass is 10.3. The minimum absolute atomic E-state index is 0.106. The Morgan fingerprint density at radius 2 is 2.38 bits per heavy atom. The molecule has 0 aliphatic heterocycles. The van der Waals surface area contributed by atoms with Crippen molar-refractivity contribution in [2.24, 2.45) is 0 Å². The topological polar surface area (TPSA) is 59.1 Å². The fourth-order valence-electron chi connectivity index (χ4n) is 0.754. The normalized spacial score (nSPS) is 9.31. The van der Waals surface area contributed by atoms with E-state index in [0.717, 1.165) is 4.47 Å². The minimum Gasteiger partial charge on any atom is -0.344 e. The van der Waals surface area contributed by atoms with E-state index in [4.69, 9.17) is 0 Å². The molecule has 0 aliphatic rings. The monoisotopic (exact) mass is 241 g/mol. The summed E-state index contributed by atoms with van der Waals surface area (Å²) in [7, 11) is 0. The number of rotatable bonds is 3. The standard InChI is InChI=1S/C8H6BrN2O2/c9-7-3-6(4-10-5-7)8(13)11-1-2-12/h3-5H,1H2,(H,11,13). The molecule has 0 spiro atoms. The molecule has 5 heteroatoms. The summed E-state index contributed by atoms with van der Waals surface area (Å²) < 4.78 is 0.718. The second-order valence-corrected chi connectivity index (χ2v) is 3.13. The Hall–Kier alpha value is -1.23. The van der Waals surface area contributed by atoms with E-state index in [1.54, 1.807) is 18.5 Å². The first kappa shape index (κ1) is 9.85. The molecule has 1 aromatic rings. The van der Waals surface area contributed by atoms with E-state index in [-0.39, 0.29) is 12.5 Å². The molecule has 1 amide bonds. The van der Waals surface area contributed by atoms with Gasteiger partial charge in [0.1, 0.15) is 0 Å². The van der Waals surface area contributed by atoms with Gasteiger partial charge in [-0.1, -0.05) is 0 Å². The molecule has 67 valence electrons. The van der Waals surface area contributed by atoms with E-state index >= 15 is 0 Å². The first-order valence-corrected chi connectivity index (χ1v) is 4.27. The summed E-state index contributed by atoms with van der Waals surface area (Å²) in [5.74, 6) is -0.336. The second kappa shape index (κ2) is 4.71. The molecule has 0 saturated carbocycles. The van der Waals surface area contributed by atoms with Crippen LogP contribution in [0.2, 0.25) is 0 Å². The molecule has 0 saturated heterocycles. The van der Waals surface area contributed by atoms with Crippen molar-refractivity contribution in [1.29, 1.82) is 0 Å². The Morgan fingerprint density at radius 1 is 1.62 bits per heavy atom. The summed E-state index contributed by atoms with van der Waals surface area (Å²) in [6, 6.07) is 1.62. The molecule has 0 aromatic carbocycles. The maximum atomic E-state index is 11.2. The Kier molecular flexibility index (Phi) is 3.57. The molecule has 13 heavy (non-hydrogen) atoms. The zero-order valence-electron chi connectivity index (χ0n) is 6.58. The van der Waals surface area contributed by atoms with Gasteiger partial charge in [0, 0.05) is 16.9 Å².